The molecule has 1 heterocycles. The maximum absolute atomic E-state index is 13.4. The number of benzene rings is 1. The summed E-state index contributed by atoms with van der Waals surface area (Å²) in [6.45, 7) is 1.91. The normalized spacial score (nSPS) is 17.4. The van der Waals surface area contributed by atoms with Crippen molar-refractivity contribution in [2.24, 2.45) is 0 Å². The van der Waals surface area contributed by atoms with Crippen LogP contribution in [-0.2, 0) is 0 Å². The minimum absolute atomic E-state index is 0.100. The van der Waals surface area contributed by atoms with Crippen molar-refractivity contribution >= 4 is 28.2 Å². The number of anilines is 1. The van der Waals surface area contributed by atoms with Gasteiger partial charge in [0.2, 0.25) is 0 Å². The summed E-state index contributed by atoms with van der Waals surface area (Å²) in [6, 6.07) is 8.16. The van der Waals surface area contributed by atoms with E-state index >= 15 is 0 Å². The Morgan fingerprint density at radius 1 is 1.07 bits per heavy atom. The van der Waals surface area contributed by atoms with Gasteiger partial charge in [0, 0.05) is 17.6 Å². The van der Waals surface area contributed by atoms with E-state index in [1.807, 2.05) is 13.0 Å². The van der Waals surface area contributed by atoms with E-state index in [4.69, 9.17) is 0 Å². The van der Waals surface area contributed by atoms with Gasteiger partial charge in [-0.3, -0.25) is 9.59 Å². The molecule has 2 aliphatic rings. The van der Waals surface area contributed by atoms with Crippen molar-refractivity contribution in [1.82, 2.24) is 4.90 Å². The monoisotopic (exact) mass is 400 g/mol. The second kappa shape index (κ2) is 8.03. The molecule has 0 spiro atoms. The van der Waals surface area contributed by atoms with Crippen LogP contribution in [-0.4, -0.2) is 28.8 Å². The Balaban J connectivity index is 1.51. The molecule has 2 fully saturated rings. The number of nitrogens with one attached hydrogen (secondary N) is 1. The molecule has 2 aromatic rings. The number of rotatable bonds is 5. The van der Waals surface area contributed by atoms with E-state index in [0.717, 1.165) is 31.2 Å². The van der Waals surface area contributed by atoms with Crippen LogP contribution in [0.3, 0.4) is 0 Å². The first-order valence-electron chi connectivity index (χ1n) is 10.0. The standard InChI is InChI=1S/C22H25FN2O2S/c1-14-12-19(24-21(26)15-6-5-7-16(23)13-15)28-20(14)22(27)25(18-10-11-18)17-8-3-2-4-9-17/h5-7,12-13,17-18H,2-4,8-11H2,1H3,(H,24,26). The fraction of sp³-hybridized carbons (Fsp3) is 0.455. The topological polar surface area (TPSA) is 49.4 Å². The van der Waals surface area contributed by atoms with Crippen LogP contribution >= 0.6 is 11.3 Å². The summed E-state index contributed by atoms with van der Waals surface area (Å²) < 4.78 is 13.4. The fourth-order valence-electron chi connectivity index (χ4n) is 4.03. The van der Waals surface area contributed by atoms with Crippen molar-refractivity contribution in [3.63, 3.8) is 0 Å². The molecule has 2 amide bonds. The summed E-state index contributed by atoms with van der Waals surface area (Å²) in [5.74, 6) is -0.715. The van der Waals surface area contributed by atoms with E-state index in [0.29, 0.717) is 22.0 Å². The van der Waals surface area contributed by atoms with Crippen molar-refractivity contribution in [3.8, 4) is 0 Å². The molecule has 1 aromatic heterocycles. The third kappa shape index (κ3) is 4.12. The molecule has 0 aliphatic heterocycles. The molecule has 0 atom stereocenters. The second-order valence-corrected chi connectivity index (χ2v) is 8.87. The summed E-state index contributed by atoms with van der Waals surface area (Å²) in [4.78, 5) is 28.5. The van der Waals surface area contributed by atoms with Gasteiger partial charge in [0.1, 0.15) is 5.82 Å². The number of nitrogens with zero attached hydrogens (tertiary/aromatic N) is 1. The highest BCUT2D eigenvalue weighted by atomic mass is 32.1. The Morgan fingerprint density at radius 3 is 2.46 bits per heavy atom. The highest BCUT2D eigenvalue weighted by molar-refractivity contribution is 7.18. The van der Waals surface area contributed by atoms with Crippen LogP contribution in [0.1, 0.15) is 70.5 Å². The quantitative estimate of drug-likeness (QED) is 0.732. The number of halogens is 1. The Labute approximate surface area is 168 Å². The third-order valence-electron chi connectivity index (χ3n) is 5.58. The number of hydrogen-bond acceptors (Lipinski definition) is 3. The molecular weight excluding hydrogens is 375 g/mol. The zero-order valence-electron chi connectivity index (χ0n) is 16.0. The molecule has 4 nitrogen and oxygen atoms in total. The van der Waals surface area contributed by atoms with Crippen molar-refractivity contribution < 1.29 is 14.0 Å². The average Bonchev–Trinajstić information content (AvgIpc) is 3.45. The summed E-state index contributed by atoms with van der Waals surface area (Å²) >= 11 is 1.32. The second-order valence-electron chi connectivity index (χ2n) is 7.82. The van der Waals surface area contributed by atoms with Gasteiger partial charge in [-0.25, -0.2) is 4.39 Å². The van der Waals surface area contributed by atoms with E-state index in [-0.39, 0.29) is 17.4 Å². The van der Waals surface area contributed by atoms with Gasteiger partial charge in [-0.1, -0.05) is 25.3 Å². The van der Waals surface area contributed by atoms with Gasteiger partial charge in [0.25, 0.3) is 11.8 Å². The van der Waals surface area contributed by atoms with Crippen LogP contribution in [0.4, 0.5) is 9.39 Å². The smallest absolute Gasteiger partial charge is 0.264 e. The highest BCUT2D eigenvalue weighted by Gasteiger charge is 2.39. The number of hydrogen-bond donors (Lipinski definition) is 1. The van der Waals surface area contributed by atoms with Gasteiger partial charge >= 0.3 is 0 Å². The Bertz CT molecular complexity index is 884. The fourth-order valence-corrected chi connectivity index (χ4v) is 5.04. The molecule has 6 heteroatoms. The van der Waals surface area contributed by atoms with E-state index in [2.05, 4.69) is 10.2 Å². The van der Waals surface area contributed by atoms with Gasteiger partial charge in [0.15, 0.2) is 0 Å². The lowest BCUT2D eigenvalue weighted by atomic mass is 9.94. The highest BCUT2D eigenvalue weighted by Crippen LogP contribution is 2.37. The van der Waals surface area contributed by atoms with Gasteiger partial charge in [-0.05, 0) is 62.4 Å². The van der Waals surface area contributed by atoms with E-state index in [9.17, 15) is 14.0 Å². The largest absolute Gasteiger partial charge is 0.332 e. The lowest BCUT2D eigenvalue weighted by Gasteiger charge is -2.34. The third-order valence-corrected chi connectivity index (χ3v) is 6.72. The van der Waals surface area contributed by atoms with Crippen molar-refractivity contribution in [2.45, 2.75) is 64.0 Å². The summed E-state index contributed by atoms with van der Waals surface area (Å²) in [5.41, 5.74) is 1.15. The molecule has 28 heavy (non-hydrogen) atoms. The van der Waals surface area contributed by atoms with Crippen molar-refractivity contribution in [1.29, 1.82) is 0 Å². The van der Waals surface area contributed by atoms with E-state index in [1.165, 1.54) is 48.8 Å². The summed E-state index contributed by atoms with van der Waals surface area (Å²) in [6.07, 6.45) is 8.02. The minimum atomic E-state index is -0.446. The maximum atomic E-state index is 13.4. The van der Waals surface area contributed by atoms with Gasteiger partial charge < -0.3 is 10.2 Å². The predicted octanol–water partition coefficient (Wildman–Crippen LogP) is 5.39. The van der Waals surface area contributed by atoms with Crippen molar-refractivity contribution in [3.05, 3.63) is 52.2 Å². The molecular formula is C22H25FN2O2S. The molecule has 2 aliphatic carbocycles. The number of aryl methyl sites for hydroxylation is 1. The number of carbonyl (C=O) groups excluding carboxylic acids is 2. The van der Waals surface area contributed by atoms with Gasteiger partial charge in [-0.2, -0.15) is 0 Å². The predicted molar refractivity (Wildman–Crippen MR) is 109 cm³/mol. The zero-order chi connectivity index (χ0) is 19.7. The average molecular weight is 401 g/mol. The summed E-state index contributed by atoms with van der Waals surface area (Å²) in [7, 11) is 0. The van der Waals surface area contributed by atoms with Crippen LogP contribution in [0.2, 0.25) is 0 Å². The molecule has 148 valence electrons. The molecule has 0 saturated heterocycles. The SMILES string of the molecule is Cc1cc(NC(=O)c2cccc(F)c2)sc1C(=O)N(C1CCCCC1)C1CC1. The molecule has 0 radical (unpaired) electrons. The Kier molecular flexibility index (Phi) is 5.49. The number of thiophene rings is 1. The first-order valence-corrected chi connectivity index (χ1v) is 10.8. The Hall–Kier alpha value is -2.21. The molecule has 4 rings (SSSR count). The first kappa shape index (κ1) is 19.1. The molecule has 0 bridgehead atoms. The maximum Gasteiger partial charge on any atom is 0.264 e. The minimum Gasteiger partial charge on any atom is -0.332 e. The van der Waals surface area contributed by atoms with Crippen LogP contribution in [0.5, 0.6) is 0 Å². The van der Waals surface area contributed by atoms with Crippen LogP contribution in [0, 0.1) is 12.7 Å². The zero-order valence-corrected chi connectivity index (χ0v) is 16.9. The molecule has 2 saturated carbocycles. The van der Waals surface area contributed by atoms with Gasteiger partial charge in [-0.15, -0.1) is 11.3 Å². The number of carbonyl (C=O) groups is 2. The van der Waals surface area contributed by atoms with E-state index in [1.54, 1.807) is 6.07 Å². The Morgan fingerprint density at radius 2 is 1.79 bits per heavy atom. The van der Waals surface area contributed by atoms with Gasteiger partial charge in [0.05, 0.1) is 9.88 Å². The first-order chi connectivity index (χ1) is 13.5. The van der Waals surface area contributed by atoms with Crippen LogP contribution < -0.4 is 5.32 Å². The molecule has 1 N–H and O–H groups in total. The molecule has 1 aromatic carbocycles. The summed E-state index contributed by atoms with van der Waals surface area (Å²) in [5, 5.41) is 3.43. The van der Waals surface area contributed by atoms with Crippen LogP contribution in [0.15, 0.2) is 30.3 Å². The van der Waals surface area contributed by atoms with Crippen LogP contribution in [0.25, 0.3) is 0 Å². The lowest BCUT2D eigenvalue weighted by molar-refractivity contribution is 0.0618. The molecule has 0 unspecified atom stereocenters. The lowest BCUT2D eigenvalue weighted by Crippen LogP contribution is -2.42. The van der Waals surface area contributed by atoms with Crippen molar-refractivity contribution in [2.75, 3.05) is 5.32 Å². The number of amides is 2. The van der Waals surface area contributed by atoms with E-state index < -0.39 is 5.82 Å².